The molecule has 0 spiro atoms. The number of rotatable bonds is 5. The number of nitrogens with one attached hydrogen (secondary N) is 1. The minimum Gasteiger partial charge on any atom is -0.339 e. The molecule has 1 N–H and O–H groups in total. The molecule has 0 amide bonds. The molecule has 20 heavy (non-hydrogen) atoms. The number of halogens is 1. The van der Waals surface area contributed by atoms with Crippen molar-refractivity contribution in [3.8, 4) is 10.7 Å². The van der Waals surface area contributed by atoms with Gasteiger partial charge >= 0.3 is 0 Å². The van der Waals surface area contributed by atoms with Crippen molar-refractivity contribution in [1.29, 1.82) is 0 Å². The molecular formula is C14H20BrN3OS. The van der Waals surface area contributed by atoms with Crippen LogP contribution in [0, 0.1) is 5.41 Å². The monoisotopic (exact) mass is 357 g/mol. The first-order valence-electron chi connectivity index (χ1n) is 6.72. The van der Waals surface area contributed by atoms with Crippen molar-refractivity contribution in [2.75, 3.05) is 6.54 Å². The van der Waals surface area contributed by atoms with Crippen LogP contribution in [0.4, 0.5) is 0 Å². The average Bonchev–Trinajstić information content (AvgIpc) is 2.96. The SMILES string of the molecule is CCNC(Cc1nc(-c2ccc(Br)s2)no1)C(C)(C)C. The molecule has 2 heterocycles. The van der Waals surface area contributed by atoms with Crippen LogP contribution in [-0.4, -0.2) is 22.7 Å². The molecule has 0 saturated heterocycles. The van der Waals surface area contributed by atoms with Gasteiger partial charge in [0.15, 0.2) is 0 Å². The Balaban J connectivity index is 2.12. The minimum atomic E-state index is 0.149. The molecule has 0 fully saturated rings. The van der Waals surface area contributed by atoms with E-state index in [-0.39, 0.29) is 5.41 Å². The van der Waals surface area contributed by atoms with Gasteiger partial charge in [0.25, 0.3) is 0 Å². The average molecular weight is 358 g/mol. The summed E-state index contributed by atoms with van der Waals surface area (Å²) < 4.78 is 6.46. The van der Waals surface area contributed by atoms with Gasteiger partial charge < -0.3 is 9.84 Å². The molecule has 1 atom stereocenters. The summed E-state index contributed by atoms with van der Waals surface area (Å²) in [6.07, 6.45) is 0.747. The van der Waals surface area contributed by atoms with Crippen molar-refractivity contribution in [3.05, 3.63) is 21.8 Å². The number of aromatic nitrogens is 2. The lowest BCUT2D eigenvalue weighted by Crippen LogP contribution is -2.41. The van der Waals surface area contributed by atoms with Gasteiger partial charge in [-0.15, -0.1) is 11.3 Å². The molecule has 6 heteroatoms. The molecular weight excluding hydrogens is 338 g/mol. The highest BCUT2D eigenvalue weighted by molar-refractivity contribution is 9.11. The van der Waals surface area contributed by atoms with Gasteiger partial charge in [-0.25, -0.2) is 0 Å². The van der Waals surface area contributed by atoms with E-state index in [1.54, 1.807) is 11.3 Å². The van der Waals surface area contributed by atoms with Gasteiger partial charge in [0.2, 0.25) is 11.7 Å². The lowest BCUT2D eigenvalue weighted by Gasteiger charge is -2.30. The standard InChI is InChI=1S/C14H20BrN3OS/c1-5-16-10(14(2,3)4)8-12-17-13(18-19-12)9-6-7-11(15)20-9/h6-7,10,16H,5,8H2,1-4H3. The van der Waals surface area contributed by atoms with E-state index in [9.17, 15) is 0 Å². The summed E-state index contributed by atoms with van der Waals surface area (Å²) in [6, 6.07) is 4.30. The number of hydrogen-bond donors (Lipinski definition) is 1. The fourth-order valence-corrected chi connectivity index (χ4v) is 3.29. The van der Waals surface area contributed by atoms with E-state index in [2.05, 4.69) is 59.1 Å². The van der Waals surface area contributed by atoms with E-state index in [0.717, 1.165) is 21.6 Å². The van der Waals surface area contributed by atoms with Crippen LogP contribution in [0.25, 0.3) is 10.7 Å². The predicted octanol–water partition coefficient (Wildman–Crippen LogP) is 4.13. The molecule has 2 rings (SSSR count). The molecule has 0 aliphatic carbocycles. The van der Waals surface area contributed by atoms with Gasteiger partial charge in [-0.05, 0) is 40.0 Å². The summed E-state index contributed by atoms with van der Waals surface area (Å²) in [5.41, 5.74) is 0.149. The second-order valence-corrected chi connectivity index (χ2v) is 8.26. The van der Waals surface area contributed by atoms with E-state index in [0.29, 0.717) is 17.8 Å². The molecule has 0 aromatic carbocycles. The molecule has 2 aromatic rings. The third-order valence-electron chi connectivity index (χ3n) is 3.14. The number of nitrogens with zero attached hydrogens (tertiary/aromatic N) is 2. The highest BCUT2D eigenvalue weighted by Crippen LogP contribution is 2.30. The van der Waals surface area contributed by atoms with Crippen molar-refractivity contribution < 1.29 is 4.52 Å². The van der Waals surface area contributed by atoms with Crippen LogP contribution in [0.5, 0.6) is 0 Å². The fraction of sp³-hybridized carbons (Fsp3) is 0.571. The van der Waals surface area contributed by atoms with Crippen molar-refractivity contribution in [2.45, 2.75) is 40.2 Å². The van der Waals surface area contributed by atoms with Crippen molar-refractivity contribution in [2.24, 2.45) is 5.41 Å². The quantitative estimate of drug-likeness (QED) is 0.873. The second kappa shape index (κ2) is 6.37. The number of hydrogen-bond acceptors (Lipinski definition) is 5. The maximum absolute atomic E-state index is 5.39. The van der Waals surface area contributed by atoms with Crippen LogP contribution in [0.2, 0.25) is 0 Å². The summed E-state index contributed by atoms with van der Waals surface area (Å²) in [7, 11) is 0. The molecule has 0 radical (unpaired) electrons. The minimum absolute atomic E-state index is 0.149. The second-order valence-electron chi connectivity index (χ2n) is 5.80. The van der Waals surface area contributed by atoms with Crippen LogP contribution in [0.1, 0.15) is 33.6 Å². The van der Waals surface area contributed by atoms with Crippen LogP contribution < -0.4 is 5.32 Å². The highest BCUT2D eigenvalue weighted by atomic mass is 79.9. The van der Waals surface area contributed by atoms with Crippen molar-refractivity contribution in [3.63, 3.8) is 0 Å². The third-order valence-corrected chi connectivity index (χ3v) is 4.76. The molecule has 0 saturated carbocycles. The normalized spacial score (nSPS) is 13.7. The zero-order valence-electron chi connectivity index (χ0n) is 12.2. The summed E-state index contributed by atoms with van der Waals surface area (Å²) in [5, 5.41) is 7.56. The molecule has 0 aliphatic heterocycles. The topological polar surface area (TPSA) is 51.0 Å². The lowest BCUT2D eigenvalue weighted by atomic mass is 9.84. The lowest BCUT2D eigenvalue weighted by molar-refractivity contribution is 0.247. The van der Waals surface area contributed by atoms with Gasteiger partial charge in [0.05, 0.1) is 8.66 Å². The van der Waals surface area contributed by atoms with Crippen molar-refractivity contribution >= 4 is 27.3 Å². The van der Waals surface area contributed by atoms with E-state index in [1.165, 1.54) is 0 Å². The Morgan fingerprint density at radius 3 is 2.70 bits per heavy atom. The highest BCUT2D eigenvalue weighted by Gasteiger charge is 2.26. The largest absolute Gasteiger partial charge is 0.339 e. The van der Waals surface area contributed by atoms with Crippen LogP contribution in [0.15, 0.2) is 20.4 Å². The molecule has 4 nitrogen and oxygen atoms in total. The van der Waals surface area contributed by atoms with E-state index in [4.69, 9.17) is 4.52 Å². The van der Waals surface area contributed by atoms with Gasteiger partial charge in [0, 0.05) is 12.5 Å². The molecule has 110 valence electrons. The molecule has 2 aromatic heterocycles. The Bertz CT molecular complexity index is 559. The van der Waals surface area contributed by atoms with Crippen LogP contribution >= 0.6 is 27.3 Å². The Kier molecular flexibility index (Phi) is 4.99. The van der Waals surface area contributed by atoms with Gasteiger partial charge in [-0.3, -0.25) is 0 Å². The molecule has 0 bridgehead atoms. The maximum atomic E-state index is 5.39. The Morgan fingerprint density at radius 2 is 2.15 bits per heavy atom. The first-order chi connectivity index (χ1) is 9.40. The van der Waals surface area contributed by atoms with Gasteiger partial charge in [-0.2, -0.15) is 4.98 Å². The summed E-state index contributed by atoms with van der Waals surface area (Å²) in [4.78, 5) is 5.52. The molecule has 1 unspecified atom stereocenters. The molecule has 0 aliphatic rings. The zero-order chi connectivity index (χ0) is 14.8. The Morgan fingerprint density at radius 1 is 1.40 bits per heavy atom. The van der Waals surface area contributed by atoms with Gasteiger partial charge in [0.1, 0.15) is 0 Å². The summed E-state index contributed by atoms with van der Waals surface area (Å²) >= 11 is 5.05. The number of likely N-dealkylation sites (N-methyl/N-ethyl adjacent to an activating group) is 1. The van der Waals surface area contributed by atoms with E-state index in [1.807, 2.05) is 12.1 Å². The van der Waals surface area contributed by atoms with E-state index >= 15 is 0 Å². The third kappa shape index (κ3) is 3.90. The maximum Gasteiger partial charge on any atom is 0.228 e. The smallest absolute Gasteiger partial charge is 0.228 e. The van der Waals surface area contributed by atoms with E-state index < -0.39 is 0 Å². The first-order valence-corrected chi connectivity index (χ1v) is 8.32. The predicted molar refractivity (Wildman–Crippen MR) is 85.9 cm³/mol. The zero-order valence-corrected chi connectivity index (χ0v) is 14.6. The van der Waals surface area contributed by atoms with Crippen LogP contribution in [-0.2, 0) is 6.42 Å². The van der Waals surface area contributed by atoms with Crippen LogP contribution in [0.3, 0.4) is 0 Å². The van der Waals surface area contributed by atoms with Crippen molar-refractivity contribution in [1.82, 2.24) is 15.5 Å². The first kappa shape index (κ1) is 15.7. The summed E-state index contributed by atoms with van der Waals surface area (Å²) in [5.74, 6) is 1.35. The summed E-state index contributed by atoms with van der Waals surface area (Å²) in [6.45, 7) is 9.69. The Hall–Kier alpha value is -0.720. The Labute approximate surface area is 132 Å². The fourth-order valence-electron chi connectivity index (χ4n) is 1.98. The van der Waals surface area contributed by atoms with Gasteiger partial charge in [-0.1, -0.05) is 32.9 Å². The number of thiophene rings is 1.